The zero-order valence-electron chi connectivity index (χ0n) is 20.9. The second-order valence-electron chi connectivity index (χ2n) is 8.79. The number of carbonyl (C=O) groups is 1. The third-order valence-electron chi connectivity index (χ3n) is 5.93. The predicted molar refractivity (Wildman–Crippen MR) is 137 cm³/mol. The van der Waals surface area contributed by atoms with E-state index in [9.17, 15) is 4.79 Å². The summed E-state index contributed by atoms with van der Waals surface area (Å²) in [6.45, 7) is 5.00. The van der Waals surface area contributed by atoms with Crippen molar-refractivity contribution in [3.05, 3.63) is 59.4 Å². The van der Waals surface area contributed by atoms with Crippen molar-refractivity contribution in [2.45, 2.75) is 97.1 Å². The molecule has 1 N–H and O–H groups in total. The number of amides is 1. The van der Waals surface area contributed by atoms with Gasteiger partial charge in [0.2, 0.25) is 12.1 Å². The van der Waals surface area contributed by atoms with Crippen LogP contribution in [0.5, 0.6) is 5.75 Å². The first-order valence-electron chi connectivity index (χ1n) is 12.8. The molecule has 1 amide bonds. The van der Waals surface area contributed by atoms with E-state index in [0.717, 1.165) is 18.4 Å². The van der Waals surface area contributed by atoms with Gasteiger partial charge in [-0.15, -0.1) is 0 Å². The number of ether oxygens (including phenoxy) is 1. The zero-order chi connectivity index (χ0) is 23.7. The van der Waals surface area contributed by atoms with Crippen LogP contribution in [0.3, 0.4) is 0 Å². The van der Waals surface area contributed by atoms with Crippen LogP contribution in [0.1, 0.15) is 96.2 Å². The topological polar surface area (TPSA) is 42.2 Å². The first-order chi connectivity index (χ1) is 16.1. The molecular formula is C28H42ClIN2O2. The lowest BCUT2D eigenvalue weighted by molar-refractivity contribution is -0.727. The molecular weight excluding hydrogens is 559 g/mol. The summed E-state index contributed by atoms with van der Waals surface area (Å²) in [5.74, 6) is 0.677. The van der Waals surface area contributed by atoms with E-state index in [1.807, 2.05) is 53.4 Å². The highest BCUT2D eigenvalue weighted by Gasteiger charge is 2.18. The number of unbranched alkanes of at least 4 members (excludes halogenated alkanes) is 9. The van der Waals surface area contributed by atoms with Crippen LogP contribution in [0.2, 0.25) is 5.02 Å². The van der Waals surface area contributed by atoms with E-state index in [1.54, 1.807) is 0 Å². The van der Waals surface area contributed by atoms with Gasteiger partial charge in [0.15, 0.2) is 12.4 Å². The van der Waals surface area contributed by atoms with Crippen LogP contribution < -0.4 is 38.6 Å². The third kappa shape index (κ3) is 12.4. The van der Waals surface area contributed by atoms with E-state index >= 15 is 0 Å². The molecule has 0 spiro atoms. The van der Waals surface area contributed by atoms with Crippen molar-refractivity contribution in [1.29, 1.82) is 0 Å². The van der Waals surface area contributed by atoms with Crippen LogP contribution in [0.4, 0.5) is 0 Å². The summed E-state index contributed by atoms with van der Waals surface area (Å²) in [5, 5.41) is 3.66. The lowest BCUT2D eigenvalue weighted by Crippen LogP contribution is -3.00. The molecule has 1 aromatic heterocycles. The van der Waals surface area contributed by atoms with E-state index in [4.69, 9.17) is 16.3 Å². The fourth-order valence-electron chi connectivity index (χ4n) is 3.97. The number of nitrogens with zero attached hydrogens (tertiary/aromatic N) is 1. The van der Waals surface area contributed by atoms with E-state index < -0.39 is 0 Å². The maximum atomic E-state index is 12.5. The highest BCUT2D eigenvalue weighted by molar-refractivity contribution is 6.32. The number of halogens is 2. The maximum Gasteiger partial charge on any atom is 0.233 e. The number of hydrogen-bond acceptors (Lipinski definition) is 2. The van der Waals surface area contributed by atoms with Crippen LogP contribution in [0.15, 0.2) is 48.8 Å². The van der Waals surface area contributed by atoms with Gasteiger partial charge in [-0.25, -0.2) is 0 Å². The molecule has 1 atom stereocenters. The Morgan fingerprint density at radius 3 is 2.15 bits per heavy atom. The second kappa shape index (κ2) is 18.9. The molecule has 1 aromatic carbocycles. The van der Waals surface area contributed by atoms with Crippen LogP contribution in [-0.2, 0) is 11.2 Å². The molecule has 190 valence electrons. The van der Waals surface area contributed by atoms with Gasteiger partial charge in [-0.1, -0.05) is 95.4 Å². The van der Waals surface area contributed by atoms with Gasteiger partial charge in [-0.3, -0.25) is 10.1 Å². The van der Waals surface area contributed by atoms with E-state index in [1.165, 1.54) is 57.8 Å². The molecule has 0 aliphatic carbocycles. The van der Waals surface area contributed by atoms with Crippen molar-refractivity contribution in [3.8, 4) is 5.75 Å². The van der Waals surface area contributed by atoms with Crippen molar-refractivity contribution in [2.75, 3.05) is 6.61 Å². The molecule has 0 bridgehead atoms. The maximum absolute atomic E-state index is 12.5. The van der Waals surface area contributed by atoms with Gasteiger partial charge in [-0.2, -0.15) is 4.57 Å². The van der Waals surface area contributed by atoms with Gasteiger partial charge >= 0.3 is 0 Å². The minimum Gasteiger partial charge on any atom is -1.00 e. The van der Waals surface area contributed by atoms with Gasteiger partial charge in [0.1, 0.15) is 5.75 Å². The number of rotatable bonds is 17. The molecule has 34 heavy (non-hydrogen) atoms. The Labute approximate surface area is 228 Å². The quantitative estimate of drug-likeness (QED) is 0.168. The van der Waals surface area contributed by atoms with Gasteiger partial charge in [0.05, 0.1) is 18.1 Å². The number of carbonyl (C=O) groups excluding carboxylic acids is 1. The SMILES string of the molecule is CCCCCCCCCCCCOc1ccc(CC(=O)NC(CC)[n+]2ccccc2)cc1Cl.[I-]. The Bertz CT molecular complexity index is 804. The number of hydrogen-bond donors (Lipinski definition) is 1. The Hall–Kier alpha value is -1.34. The Morgan fingerprint density at radius 2 is 1.56 bits per heavy atom. The summed E-state index contributed by atoms with van der Waals surface area (Å²) in [7, 11) is 0. The average Bonchev–Trinajstić information content (AvgIpc) is 2.82. The smallest absolute Gasteiger partial charge is 0.233 e. The van der Waals surface area contributed by atoms with Crippen molar-refractivity contribution < 1.29 is 38.1 Å². The standard InChI is InChI=1S/C28H41ClN2O2.HI/c1-3-5-6-7-8-9-10-11-12-16-21-33-26-18-17-24(22-25(26)29)23-28(32)30-27(4-2)31-19-14-13-15-20-31;/h13-15,17-20,22,27H,3-12,16,21,23H2,1-2H3;1H. The van der Waals surface area contributed by atoms with Gasteiger partial charge in [0.25, 0.3) is 0 Å². The van der Waals surface area contributed by atoms with E-state index in [-0.39, 0.29) is 36.0 Å². The van der Waals surface area contributed by atoms with Crippen molar-refractivity contribution in [2.24, 2.45) is 0 Å². The van der Waals surface area contributed by atoms with Crippen molar-refractivity contribution >= 4 is 17.5 Å². The normalized spacial score (nSPS) is 11.5. The molecule has 0 aliphatic rings. The molecule has 6 heteroatoms. The molecule has 0 saturated heterocycles. The van der Waals surface area contributed by atoms with E-state index in [0.29, 0.717) is 23.8 Å². The Balaban J connectivity index is 0.00000578. The van der Waals surface area contributed by atoms with Crippen LogP contribution >= 0.6 is 11.6 Å². The monoisotopic (exact) mass is 600 g/mol. The summed E-state index contributed by atoms with van der Waals surface area (Å²) in [4.78, 5) is 12.5. The molecule has 1 heterocycles. The number of pyridine rings is 1. The molecule has 4 nitrogen and oxygen atoms in total. The Morgan fingerprint density at radius 1 is 0.941 bits per heavy atom. The molecule has 0 saturated carbocycles. The molecule has 2 aromatic rings. The minimum atomic E-state index is -0.0576. The average molecular weight is 601 g/mol. The molecule has 1 unspecified atom stereocenters. The number of nitrogens with one attached hydrogen (secondary N) is 1. The van der Waals surface area contributed by atoms with Crippen LogP contribution in [0.25, 0.3) is 0 Å². The fourth-order valence-corrected chi connectivity index (χ4v) is 4.23. The third-order valence-corrected chi connectivity index (χ3v) is 6.22. The minimum absolute atomic E-state index is 0. The summed E-state index contributed by atoms with van der Waals surface area (Å²) in [6.07, 6.45) is 18.0. The second-order valence-corrected chi connectivity index (χ2v) is 9.19. The highest BCUT2D eigenvalue weighted by atomic mass is 127. The first kappa shape index (κ1) is 30.7. The predicted octanol–water partition coefficient (Wildman–Crippen LogP) is 4.20. The summed E-state index contributed by atoms with van der Waals surface area (Å²) in [5.41, 5.74) is 0.886. The molecule has 0 fully saturated rings. The molecule has 0 radical (unpaired) electrons. The highest BCUT2D eigenvalue weighted by Crippen LogP contribution is 2.26. The van der Waals surface area contributed by atoms with Crippen molar-refractivity contribution in [3.63, 3.8) is 0 Å². The Kier molecular flexibility index (Phi) is 17.1. The van der Waals surface area contributed by atoms with Crippen LogP contribution in [-0.4, -0.2) is 12.5 Å². The van der Waals surface area contributed by atoms with E-state index in [2.05, 4.69) is 19.2 Å². The first-order valence-corrected chi connectivity index (χ1v) is 13.2. The molecule has 0 aliphatic heterocycles. The molecule has 2 rings (SSSR count). The lowest BCUT2D eigenvalue weighted by Gasteiger charge is -2.13. The lowest BCUT2D eigenvalue weighted by atomic mass is 10.1. The van der Waals surface area contributed by atoms with Crippen molar-refractivity contribution in [1.82, 2.24) is 5.32 Å². The largest absolute Gasteiger partial charge is 1.00 e. The van der Waals surface area contributed by atoms with Gasteiger partial charge in [0, 0.05) is 18.6 Å². The summed E-state index contributed by atoms with van der Waals surface area (Å²) in [6, 6.07) is 11.5. The zero-order valence-corrected chi connectivity index (χ0v) is 23.8. The summed E-state index contributed by atoms with van der Waals surface area (Å²) >= 11 is 6.41. The van der Waals surface area contributed by atoms with Gasteiger partial charge < -0.3 is 28.7 Å². The van der Waals surface area contributed by atoms with Crippen LogP contribution in [0, 0.1) is 0 Å². The van der Waals surface area contributed by atoms with Gasteiger partial charge in [-0.05, 0) is 24.1 Å². The summed E-state index contributed by atoms with van der Waals surface area (Å²) < 4.78 is 7.88. The number of benzene rings is 1. The fraction of sp³-hybridized carbons (Fsp3) is 0.571. The number of aromatic nitrogens is 1.